The lowest BCUT2D eigenvalue weighted by Crippen LogP contribution is -1.99. The van der Waals surface area contributed by atoms with Gasteiger partial charge in [0.1, 0.15) is 5.78 Å². The molecule has 0 unspecified atom stereocenters. The van der Waals surface area contributed by atoms with Crippen LogP contribution >= 0.6 is 0 Å². The quantitative estimate of drug-likeness (QED) is 0.569. The fourth-order valence-electron chi connectivity index (χ4n) is 1.22. The average Bonchev–Trinajstić information content (AvgIpc) is 2.05. The van der Waals surface area contributed by atoms with Crippen LogP contribution in [0.4, 0.5) is 0 Å². The van der Waals surface area contributed by atoms with Crippen molar-refractivity contribution in [1.82, 2.24) is 0 Å². The number of carbonyl (C=O) groups is 1. The first-order valence-corrected chi connectivity index (χ1v) is 5.03. The van der Waals surface area contributed by atoms with Crippen LogP contribution < -0.4 is 5.73 Å². The molecule has 2 N–H and O–H groups in total. The lowest BCUT2D eigenvalue weighted by atomic mass is 10.1. The molecule has 0 aromatic carbocycles. The molecule has 0 aromatic heterocycles. The van der Waals surface area contributed by atoms with Crippen molar-refractivity contribution in [3.8, 4) is 0 Å². The number of carbonyl (C=O) groups excluding carboxylic acids is 1. The van der Waals surface area contributed by atoms with E-state index >= 15 is 0 Å². The zero-order valence-corrected chi connectivity index (χ0v) is 8.14. The highest BCUT2D eigenvalue weighted by Gasteiger charge is 1.98. The highest BCUT2D eigenvalue weighted by molar-refractivity contribution is 5.78. The number of hydrogen-bond donors (Lipinski definition) is 1. The van der Waals surface area contributed by atoms with Crippen LogP contribution in [0.1, 0.15) is 51.9 Å². The summed E-state index contributed by atoms with van der Waals surface area (Å²) in [6, 6.07) is 0. The van der Waals surface area contributed by atoms with E-state index in [-0.39, 0.29) is 0 Å². The van der Waals surface area contributed by atoms with Crippen LogP contribution in [0.15, 0.2) is 0 Å². The molecular weight excluding hydrogens is 150 g/mol. The molecule has 0 saturated carbocycles. The third kappa shape index (κ3) is 7.73. The van der Waals surface area contributed by atoms with E-state index in [1.54, 1.807) is 0 Å². The standard InChI is InChI=1S/C10H21NO/c1-2-7-10(12)8-5-3-4-6-9-11/h2-9,11H2,1H3. The molecule has 0 amide bonds. The summed E-state index contributed by atoms with van der Waals surface area (Å²) < 4.78 is 0. The Labute approximate surface area is 75.5 Å². The van der Waals surface area contributed by atoms with Crippen molar-refractivity contribution in [3.63, 3.8) is 0 Å². The Balaban J connectivity index is 3.03. The molecule has 2 heteroatoms. The number of Topliss-reactive ketones (excluding diaryl/α,β-unsaturated/α-hetero) is 1. The molecule has 0 spiro atoms. The van der Waals surface area contributed by atoms with E-state index in [0.29, 0.717) is 5.78 Å². The van der Waals surface area contributed by atoms with E-state index < -0.39 is 0 Å². The molecule has 0 radical (unpaired) electrons. The van der Waals surface area contributed by atoms with Gasteiger partial charge in [0.15, 0.2) is 0 Å². The number of hydrogen-bond acceptors (Lipinski definition) is 2. The molecule has 0 fully saturated rings. The van der Waals surface area contributed by atoms with Crippen LogP contribution in [-0.4, -0.2) is 12.3 Å². The van der Waals surface area contributed by atoms with Crippen LogP contribution in [0.25, 0.3) is 0 Å². The summed E-state index contributed by atoms with van der Waals surface area (Å²) in [4.78, 5) is 11.1. The Morgan fingerprint density at radius 1 is 1.08 bits per heavy atom. The maximum atomic E-state index is 11.1. The molecule has 2 nitrogen and oxygen atoms in total. The Kier molecular flexibility index (Phi) is 8.46. The second-order valence-corrected chi connectivity index (χ2v) is 3.24. The largest absolute Gasteiger partial charge is 0.330 e. The number of rotatable bonds is 8. The molecule has 0 aliphatic rings. The molecule has 0 atom stereocenters. The zero-order valence-electron chi connectivity index (χ0n) is 8.14. The summed E-state index contributed by atoms with van der Waals surface area (Å²) in [6.07, 6.45) is 7.01. The third-order valence-corrected chi connectivity index (χ3v) is 1.94. The predicted molar refractivity (Wildman–Crippen MR) is 52.1 cm³/mol. The summed E-state index contributed by atoms with van der Waals surface area (Å²) in [5.41, 5.74) is 5.35. The number of unbranched alkanes of at least 4 members (excludes halogenated alkanes) is 3. The summed E-state index contributed by atoms with van der Waals surface area (Å²) >= 11 is 0. The van der Waals surface area contributed by atoms with Crippen LogP contribution in [0.3, 0.4) is 0 Å². The van der Waals surface area contributed by atoms with E-state index in [1.807, 2.05) is 6.92 Å². The molecule has 0 aliphatic heterocycles. The summed E-state index contributed by atoms with van der Waals surface area (Å²) in [5.74, 6) is 0.422. The van der Waals surface area contributed by atoms with Gasteiger partial charge < -0.3 is 5.73 Å². The molecule has 0 aliphatic carbocycles. The summed E-state index contributed by atoms with van der Waals surface area (Å²) in [6.45, 7) is 2.83. The third-order valence-electron chi connectivity index (χ3n) is 1.94. The van der Waals surface area contributed by atoms with Crippen molar-refractivity contribution in [2.45, 2.75) is 51.9 Å². The normalized spacial score (nSPS) is 10.2. The van der Waals surface area contributed by atoms with E-state index in [2.05, 4.69) is 0 Å². The van der Waals surface area contributed by atoms with Gasteiger partial charge in [-0.05, 0) is 25.8 Å². The van der Waals surface area contributed by atoms with Crippen molar-refractivity contribution in [3.05, 3.63) is 0 Å². The van der Waals surface area contributed by atoms with Gasteiger partial charge in [0.25, 0.3) is 0 Å². The van der Waals surface area contributed by atoms with E-state index in [1.165, 1.54) is 6.42 Å². The van der Waals surface area contributed by atoms with Gasteiger partial charge in [-0.15, -0.1) is 0 Å². The van der Waals surface area contributed by atoms with E-state index in [9.17, 15) is 4.79 Å². The molecule has 0 rings (SSSR count). The fraction of sp³-hybridized carbons (Fsp3) is 0.900. The number of nitrogens with two attached hydrogens (primary N) is 1. The van der Waals surface area contributed by atoms with Crippen molar-refractivity contribution < 1.29 is 4.79 Å². The minimum absolute atomic E-state index is 0.422. The van der Waals surface area contributed by atoms with Gasteiger partial charge in [-0.2, -0.15) is 0 Å². The predicted octanol–water partition coefficient (Wildman–Crippen LogP) is 2.26. The van der Waals surface area contributed by atoms with Crippen molar-refractivity contribution >= 4 is 5.78 Å². The van der Waals surface area contributed by atoms with Gasteiger partial charge in [-0.3, -0.25) is 4.79 Å². The van der Waals surface area contributed by atoms with Gasteiger partial charge in [-0.25, -0.2) is 0 Å². The minimum atomic E-state index is 0.422. The molecular formula is C10H21NO. The summed E-state index contributed by atoms with van der Waals surface area (Å²) in [7, 11) is 0. The molecule has 0 saturated heterocycles. The fourth-order valence-corrected chi connectivity index (χ4v) is 1.22. The zero-order chi connectivity index (χ0) is 9.23. The number of ketones is 1. The van der Waals surface area contributed by atoms with Gasteiger partial charge >= 0.3 is 0 Å². The Morgan fingerprint density at radius 3 is 2.33 bits per heavy atom. The molecule has 0 heterocycles. The Hall–Kier alpha value is -0.370. The molecule has 12 heavy (non-hydrogen) atoms. The van der Waals surface area contributed by atoms with Crippen molar-refractivity contribution in [2.24, 2.45) is 5.73 Å². The average molecular weight is 171 g/mol. The lowest BCUT2D eigenvalue weighted by Gasteiger charge is -1.98. The topological polar surface area (TPSA) is 43.1 Å². The molecule has 72 valence electrons. The minimum Gasteiger partial charge on any atom is -0.330 e. The summed E-state index contributed by atoms with van der Waals surface area (Å²) in [5, 5.41) is 0. The SMILES string of the molecule is CCCC(=O)CCCCCCN. The maximum Gasteiger partial charge on any atom is 0.132 e. The monoisotopic (exact) mass is 171 g/mol. The maximum absolute atomic E-state index is 11.1. The van der Waals surface area contributed by atoms with Crippen LogP contribution in [0.2, 0.25) is 0 Å². The van der Waals surface area contributed by atoms with Crippen LogP contribution in [0.5, 0.6) is 0 Å². The van der Waals surface area contributed by atoms with E-state index in [4.69, 9.17) is 5.73 Å². The van der Waals surface area contributed by atoms with Crippen molar-refractivity contribution in [2.75, 3.05) is 6.54 Å². The van der Waals surface area contributed by atoms with Gasteiger partial charge in [-0.1, -0.05) is 19.8 Å². The first-order valence-electron chi connectivity index (χ1n) is 5.03. The molecule has 0 aromatic rings. The van der Waals surface area contributed by atoms with Gasteiger partial charge in [0.2, 0.25) is 0 Å². The lowest BCUT2D eigenvalue weighted by molar-refractivity contribution is -0.119. The molecule has 0 bridgehead atoms. The first-order chi connectivity index (χ1) is 5.81. The smallest absolute Gasteiger partial charge is 0.132 e. The Morgan fingerprint density at radius 2 is 1.75 bits per heavy atom. The van der Waals surface area contributed by atoms with Crippen LogP contribution in [-0.2, 0) is 4.79 Å². The van der Waals surface area contributed by atoms with E-state index in [0.717, 1.165) is 45.1 Å². The second kappa shape index (κ2) is 8.72. The highest BCUT2D eigenvalue weighted by atomic mass is 16.1. The highest BCUT2D eigenvalue weighted by Crippen LogP contribution is 2.04. The van der Waals surface area contributed by atoms with Crippen molar-refractivity contribution in [1.29, 1.82) is 0 Å². The van der Waals surface area contributed by atoms with Gasteiger partial charge in [0, 0.05) is 12.8 Å². The van der Waals surface area contributed by atoms with Crippen LogP contribution in [0, 0.1) is 0 Å². The second-order valence-electron chi connectivity index (χ2n) is 3.24. The first kappa shape index (κ1) is 11.6. The Bertz CT molecular complexity index is 112. The van der Waals surface area contributed by atoms with Gasteiger partial charge in [0.05, 0.1) is 0 Å².